The van der Waals surface area contributed by atoms with Crippen LogP contribution in [0.1, 0.15) is 66.0 Å². The Morgan fingerprint density at radius 3 is 2.64 bits per heavy atom. The van der Waals surface area contributed by atoms with E-state index in [9.17, 15) is 14.4 Å². The van der Waals surface area contributed by atoms with Gasteiger partial charge >= 0.3 is 5.97 Å². The monoisotopic (exact) mass is 340 g/mol. The number of Topliss-reactive ketones (excluding diaryl/α,β-unsaturated/α-hetero) is 2. The van der Waals surface area contributed by atoms with Crippen LogP contribution in [-0.4, -0.2) is 23.6 Å². The standard InChI is InChI=1S/C20H20O5/c1-9-8-24-17-12(9)15(21)13-10-7-11-19(2,3)5-4-6-20(11,18(23)25-10)14(13)16(17)22/h8,10-11H,4-7H2,1-3H3/t10-,11-,20+/m0/s1. The van der Waals surface area contributed by atoms with E-state index >= 15 is 0 Å². The number of furan rings is 1. The van der Waals surface area contributed by atoms with Crippen molar-refractivity contribution in [2.45, 2.75) is 52.6 Å². The highest BCUT2D eigenvalue weighted by atomic mass is 16.5. The van der Waals surface area contributed by atoms with E-state index in [-0.39, 0.29) is 34.6 Å². The maximum Gasteiger partial charge on any atom is 0.317 e. The average molecular weight is 340 g/mol. The van der Waals surface area contributed by atoms with Crippen LogP contribution in [0.5, 0.6) is 0 Å². The number of ketones is 2. The van der Waals surface area contributed by atoms with Gasteiger partial charge in [0.05, 0.1) is 11.8 Å². The number of carbonyl (C=O) groups is 3. The molecule has 130 valence electrons. The number of hydrogen-bond acceptors (Lipinski definition) is 5. The summed E-state index contributed by atoms with van der Waals surface area (Å²) in [5, 5.41) is 0. The van der Waals surface area contributed by atoms with Crippen molar-refractivity contribution in [2.24, 2.45) is 16.7 Å². The predicted octanol–water partition coefficient (Wildman–Crippen LogP) is 3.41. The molecule has 5 heteroatoms. The molecule has 6 rings (SSSR count). The first kappa shape index (κ1) is 15.1. The van der Waals surface area contributed by atoms with Crippen molar-refractivity contribution in [1.29, 1.82) is 0 Å². The zero-order valence-corrected chi connectivity index (χ0v) is 14.6. The molecule has 3 aliphatic carbocycles. The van der Waals surface area contributed by atoms with Crippen molar-refractivity contribution in [3.8, 4) is 0 Å². The number of fused-ring (bicyclic) bond motifs is 2. The molecule has 1 saturated carbocycles. The van der Waals surface area contributed by atoms with Gasteiger partial charge in [-0.05, 0) is 43.1 Å². The van der Waals surface area contributed by atoms with Gasteiger partial charge in [-0.1, -0.05) is 20.3 Å². The first-order chi connectivity index (χ1) is 11.8. The number of ether oxygens (including phenoxy) is 1. The molecule has 1 saturated heterocycles. The van der Waals surface area contributed by atoms with Crippen molar-refractivity contribution in [3.63, 3.8) is 0 Å². The molecule has 0 amide bonds. The number of carbonyl (C=O) groups excluding carboxylic acids is 3. The number of rotatable bonds is 0. The third-order valence-electron chi connectivity index (χ3n) is 6.91. The van der Waals surface area contributed by atoms with Crippen LogP contribution < -0.4 is 0 Å². The number of esters is 1. The normalized spacial score (nSPS) is 35.2. The maximum absolute atomic E-state index is 13.3. The number of aryl methyl sites for hydroxylation is 1. The lowest BCUT2D eigenvalue weighted by molar-refractivity contribution is -0.186. The average Bonchev–Trinajstić information content (AvgIpc) is 2.94. The number of hydrogen-bond donors (Lipinski definition) is 0. The highest BCUT2D eigenvalue weighted by Crippen LogP contribution is 2.64. The molecule has 1 spiro atoms. The summed E-state index contributed by atoms with van der Waals surface area (Å²) in [7, 11) is 0. The fourth-order valence-corrected chi connectivity index (χ4v) is 5.81. The molecule has 0 aromatic carbocycles. The van der Waals surface area contributed by atoms with Crippen LogP contribution >= 0.6 is 0 Å². The largest absolute Gasteiger partial charge is 0.460 e. The van der Waals surface area contributed by atoms with Gasteiger partial charge in [0.1, 0.15) is 11.5 Å². The van der Waals surface area contributed by atoms with Crippen molar-refractivity contribution in [1.82, 2.24) is 0 Å². The molecule has 2 fully saturated rings. The minimum Gasteiger partial charge on any atom is -0.460 e. The zero-order chi connectivity index (χ0) is 17.7. The van der Waals surface area contributed by atoms with Crippen LogP contribution in [0, 0.1) is 23.7 Å². The molecule has 1 aromatic heterocycles. The molecule has 25 heavy (non-hydrogen) atoms. The lowest BCUT2D eigenvalue weighted by atomic mass is 9.46. The summed E-state index contributed by atoms with van der Waals surface area (Å²) in [6.45, 7) is 6.08. The second-order valence-corrected chi connectivity index (χ2v) is 8.57. The third kappa shape index (κ3) is 1.53. The van der Waals surface area contributed by atoms with E-state index < -0.39 is 11.5 Å². The van der Waals surface area contributed by atoms with Gasteiger partial charge in [-0.2, -0.15) is 0 Å². The summed E-state index contributed by atoms with van der Waals surface area (Å²) < 4.78 is 11.1. The van der Waals surface area contributed by atoms with Crippen LogP contribution in [0.25, 0.3) is 0 Å². The Labute approximate surface area is 145 Å². The molecule has 5 aliphatic rings. The molecule has 0 N–H and O–H groups in total. The van der Waals surface area contributed by atoms with E-state index in [4.69, 9.17) is 9.15 Å². The van der Waals surface area contributed by atoms with E-state index in [1.807, 2.05) is 0 Å². The fraction of sp³-hybridized carbons (Fsp3) is 0.550. The Hall–Kier alpha value is -2.17. The Balaban J connectivity index is 1.81. The SMILES string of the molecule is Cc1coc2c1C(=O)C1=C(C2=O)[C@@]23CCCC(C)(C)[C@@H]2C[C@@H]1OC3=O. The summed E-state index contributed by atoms with van der Waals surface area (Å²) in [4.78, 5) is 39.4. The molecule has 2 bridgehead atoms. The predicted molar refractivity (Wildman–Crippen MR) is 87.2 cm³/mol. The molecule has 5 nitrogen and oxygen atoms in total. The molecule has 3 heterocycles. The highest BCUT2D eigenvalue weighted by molar-refractivity contribution is 6.29. The molecule has 3 atom stereocenters. The smallest absolute Gasteiger partial charge is 0.317 e. The summed E-state index contributed by atoms with van der Waals surface area (Å²) in [5.41, 5.74) is 0.731. The molecule has 2 aliphatic heterocycles. The second-order valence-electron chi connectivity index (χ2n) is 8.57. The van der Waals surface area contributed by atoms with Crippen molar-refractivity contribution in [2.75, 3.05) is 0 Å². The van der Waals surface area contributed by atoms with Gasteiger partial charge in [0.25, 0.3) is 0 Å². The Morgan fingerprint density at radius 2 is 1.88 bits per heavy atom. The van der Waals surface area contributed by atoms with Gasteiger partial charge in [0.2, 0.25) is 5.78 Å². The lowest BCUT2D eigenvalue weighted by Gasteiger charge is -2.59. The first-order valence-electron chi connectivity index (χ1n) is 8.92. The van der Waals surface area contributed by atoms with Crippen LogP contribution in [0.2, 0.25) is 0 Å². The van der Waals surface area contributed by atoms with E-state index in [1.54, 1.807) is 6.92 Å². The summed E-state index contributed by atoms with van der Waals surface area (Å²) in [6.07, 6.45) is 3.89. The Kier molecular flexibility index (Phi) is 2.61. The maximum atomic E-state index is 13.3. The zero-order valence-electron chi connectivity index (χ0n) is 14.6. The van der Waals surface area contributed by atoms with Gasteiger partial charge in [-0.3, -0.25) is 14.4 Å². The second kappa shape index (κ2) is 4.32. The molecule has 0 unspecified atom stereocenters. The Morgan fingerprint density at radius 1 is 1.12 bits per heavy atom. The molecule has 1 aromatic rings. The van der Waals surface area contributed by atoms with E-state index in [0.29, 0.717) is 35.1 Å². The van der Waals surface area contributed by atoms with Crippen LogP contribution in [0.3, 0.4) is 0 Å². The van der Waals surface area contributed by atoms with Gasteiger partial charge in [0.15, 0.2) is 11.5 Å². The van der Waals surface area contributed by atoms with Gasteiger partial charge in [-0.25, -0.2) is 0 Å². The van der Waals surface area contributed by atoms with Crippen molar-refractivity contribution in [3.05, 3.63) is 34.3 Å². The van der Waals surface area contributed by atoms with Gasteiger partial charge in [-0.15, -0.1) is 0 Å². The quantitative estimate of drug-likeness (QED) is 0.677. The topological polar surface area (TPSA) is 73.6 Å². The van der Waals surface area contributed by atoms with Gasteiger partial charge < -0.3 is 9.15 Å². The summed E-state index contributed by atoms with van der Waals surface area (Å²) >= 11 is 0. The lowest BCUT2D eigenvalue weighted by Crippen LogP contribution is -2.62. The molecule has 0 radical (unpaired) electrons. The van der Waals surface area contributed by atoms with Crippen LogP contribution in [0.4, 0.5) is 0 Å². The summed E-state index contributed by atoms with van der Waals surface area (Å²) in [6, 6.07) is 0. The van der Waals surface area contributed by atoms with Gasteiger partial charge in [0, 0.05) is 11.1 Å². The first-order valence-corrected chi connectivity index (χ1v) is 8.92. The van der Waals surface area contributed by atoms with E-state index in [0.717, 1.165) is 12.8 Å². The Bertz CT molecular complexity index is 899. The minimum atomic E-state index is -0.989. The van der Waals surface area contributed by atoms with Crippen molar-refractivity contribution >= 4 is 17.5 Å². The highest BCUT2D eigenvalue weighted by Gasteiger charge is 2.68. The van der Waals surface area contributed by atoms with Crippen LogP contribution in [-0.2, 0) is 9.53 Å². The van der Waals surface area contributed by atoms with E-state index in [1.165, 1.54) is 6.26 Å². The minimum absolute atomic E-state index is 0.0214. The summed E-state index contributed by atoms with van der Waals surface area (Å²) in [5.74, 6) is -0.698. The third-order valence-corrected chi connectivity index (χ3v) is 6.91. The van der Waals surface area contributed by atoms with Crippen molar-refractivity contribution < 1.29 is 23.5 Å². The fourth-order valence-electron chi connectivity index (χ4n) is 5.81. The van der Waals surface area contributed by atoms with E-state index in [2.05, 4.69) is 13.8 Å². The molecular formula is C20H20O5. The van der Waals surface area contributed by atoms with Crippen LogP contribution in [0.15, 0.2) is 21.8 Å². The molecular weight excluding hydrogens is 320 g/mol.